The standard InChI is InChI=1S/C29H39N3O4S/c1-5-16-30(4)25(34)22-23-26(35)32(18-10-11-19-33)24(29(23)15-14-28(22,3)37-29)27(36)31(17-6-2)20-21-12-8-7-9-13-21/h5-9,12-13,22-24,33H,1-2,10-11,14-20H2,3-4H3/t22-,23+,24?,28+,29?/m1/s1. The van der Waals surface area contributed by atoms with Crippen molar-refractivity contribution in [1.82, 2.24) is 14.7 Å². The molecule has 0 radical (unpaired) electrons. The van der Waals surface area contributed by atoms with Crippen molar-refractivity contribution in [2.75, 3.05) is 33.3 Å². The molecule has 1 aromatic rings. The number of thioether (sulfide) groups is 1. The summed E-state index contributed by atoms with van der Waals surface area (Å²) in [5.74, 6) is -1.26. The van der Waals surface area contributed by atoms with Crippen molar-refractivity contribution in [1.29, 1.82) is 0 Å². The second-order valence-corrected chi connectivity index (χ2v) is 12.6. The van der Waals surface area contributed by atoms with Crippen molar-refractivity contribution in [2.45, 2.75) is 54.7 Å². The lowest BCUT2D eigenvalue weighted by Gasteiger charge is -2.37. The molecule has 0 saturated carbocycles. The Bertz CT molecular complexity index is 1050. The quantitative estimate of drug-likeness (QED) is 0.335. The van der Waals surface area contributed by atoms with Gasteiger partial charge in [-0.2, -0.15) is 0 Å². The van der Waals surface area contributed by atoms with Gasteiger partial charge in [-0.05, 0) is 38.2 Å². The van der Waals surface area contributed by atoms with Gasteiger partial charge >= 0.3 is 0 Å². The van der Waals surface area contributed by atoms with Crippen LogP contribution in [0.25, 0.3) is 0 Å². The molecule has 1 N–H and O–H groups in total. The van der Waals surface area contributed by atoms with E-state index in [0.29, 0.717) is 39.0 Å². The van der Waals surface area contributed by atoms with E-state index in [1.54, 1.807) is 45.7 Å². The Morgan fingerprint density at radius 1 is 1.14 bits per heavy atom. The number of hydrogen-bond donors (Lipinski definition) is 1. The lowest BCUT2D eigenvalue weighted by Crippen LogP contribution is -2.55. The van der Waals surface area contributed by atoms with E-state index in [2.05, 4.69) is 20.1 Å². The third kappa shape index (κ3) is 4.74. The number of rotatable bonds is 12. The Morgan fingerprint density at radius 3 is 2.49 bits per heavy atom. The Morgan fingerprint density at radius 2 is 1.84 bits per heavy atom. The van der Waals surface area contributed by atoms with Crippen LogP contribution in [0, 0.1) is 11.8 Å². The number of fused-ring (bicyclic) bond motifs is 1. The molecule has 3 aliphatic rings. The number of carbonyl (C=O) groups is 3. The van der Waals surface area contributed by atoms with E-state index in [4.69, 9.17) is 0 Å². The minimum absolute atomic E-state index is 0.0338. The van der Waals surface area contributed by atoms with Gasteiger partial charge in [0.1, 0.15) is 6.04 Å². The number of aliphatic hydroxyl groups excluding tert-OH is 1. The molecule has 37 heavy (non-hydrogen) atoms. The fourth-order valence-corrected chi connectivity index (χ4v) is 8.95. The fraction of sp³-hybridized carbons (Fsp3) is 0.552. The molecule has 2 unspecified atom stereocenters. The third-order valence-corrected chi connectivity index (χ3v) is 10.2. The molecule has 3 amide bonds. The molecule has 0 aromatic heterocycles. The molecule has 3 fully saturated rings. The summed E-state index contributed by atoms with van der Waals surface area (Å²) in [5.41, 5.74) is 1.01. The molecule has 5 atom stereocenters. The van der Waals surface area contributed by atoms with Crippen LogP contribution in [0.5, 0.6) is 0 Å². The van der Waals surface area contributed by atoms with Crippen molar-refractivity contribution in [3.8, 4) is 0 Å². The van der Waals surface area contributed by atoms with Crippen LogP contribution < -0.4 is 0 Å². The highest BCUT2D eigenvalue weighted by atomic mass is 32.2. The zero-order valence-electron chi connectivity index (χ0n) is 22.0. The van der Waals surface area contributed by atoms with Crippen molar-refractivity contribution >= 4 is 29.5 Å². The van der Waals surface area contributed by atoms with Crippen molar-refractivity contribution < 1.29 is 19.5 Å². The number of carbonyl (C=O) groups excluding carboxylic acids is 3. The number of hydrogen-bond acceptors (Lipinski definition) is 5. The average molecular weight is 526 g/mol. The summed E-state index contributed by atoms with van der Waals surface area (Å²) in [7, 11) is 1.75. The van der Waals surface area contributed by atoms with Gasteiger partial charge in [0.25, 0.3) is 0 Å². The van der Waals surface area contributed by atoms with Gasteiger partial charge in [-0.3, -0.25) is 14.4 Å². The summed E-state index contributed by atoms with van der Waals surface area (Å²) < 4.78 is -1.04. The summed E-state index contributed by atoms with van der Waals surface area (Å²) >= 11 is 1.69. The molecule has 3 heterocycles. The maximum atomic E-state index is 14.4. The Hall–Kier alpha value is -2.58. The fourth-order valence-electron chi connectivity index (χ4n) is 6.60. The minimum atomic E-state index is -0.651. The molecule has 2 bridgehead atoms. The van der Waals surface area contributed by atoms with E-state index in [1.807, 2.05) is 30.3 Å². The number of likely N-dealkylation sites (tertiary alicyclic amines) is 1. The van der Waals surface area contributed by atoms with Crippen LogP contribution in [0.2, 0.25) is 0 Å². The lowest BCUT2D eigenvalue weighted by atomic mass is 9.66. The van der Waals surface area contributed by atoms with Crippen LogP contribution in [0.3, 0.4) is 0 Å². The molecular weight excluding hydrogens is 486 g/mol. The molecular formula is C29H39N3O4S. The van der Waals surface area contributed by atoms with Gasteiger partial charge in [0.05, 0.1) is 16.6 Å². The summed E-state index contributed by atoms with van der Waals surface area (Å²) in [6.07, 6.45) is 6.08. The first-order valence-electron chi connectivity index (χ1n) is 13.1. The topological polar surface area (TPSA) is 81.2 Å². The monoisotopic (exact) mass is 525 g/mol. The van der Waals surface area contributed by atoms with E-state index >= 15 is 0 Å². The number of unbranched alkanes of at least 4 members (excludes halogenated alkanes) is 1. The van der Waals surface area contributed by atoms with Gasteiger partial charge in [0.2, 0.25) is 17.7 Å². The average Bonchev–Trinajstić information content (AvgIpc) is 3.45. The molecule has 3 aliphatic heterocycles. The van der Waals surface area contributed by atoms with Gasteiger partial charge in [-0.25, -0.2) is 0 Å². The van der Waals surface area contributed by atoms with Crippen LogP contribution in [0.1, 0.15) is 38.2 Å². The van der Waals surface area contributed by atoms with Crippen molar-refractivity contribution in [3.63, 3.8) is 0 Å². The zero-order valence-corrected chi connectivity index (χ0v) is 22.8. The van der Waals surface area contributed by atoms with Crippen molar-refractivity contribution in [2.24, 2.45) is 11.8 Å². The summed E-state index contributed by atoms with van der Waals surface area (Å²) in [5, 5.41) is 9.38. The smallest absolute Gasteiger partial charge is 0.247 e. The Balaban J connectivity index is 1.73. The van der Waals surface area contributed by atoms with Gasteiger partial charge in [0.15, 0.2) is 0 Å². The number of amides is 3. The summed E-state index contributed by atoms with van der Waals surface area (Å²) in [6, 6.07) is 9.18. The maximum Gasteiger partial charge on any atom is 0.247 e. The summed E-state index contributed by atoms with van der Waals surface area (Å²) in [6.45, 7) is 11.4. The molecule has 0 aliphatic carbocycles. The number of benzene rings is 1. The normalized spacial score (nSPS) is 29.8. The Kier molecular flexibility index (Phi) is 8.19. The van der Waals surface area contributed by atoms with Crippen LogP contribution in [-0.2, 0) is 20.9 Å². The van der Waals surface area contributed by atoms with E-state index in [1.165, 1.54) is 0 Å². The van der Waals surface area contributed by atoms with Gasteiger partial charge in [-0.1, -0.05) is 42.5 Å². The minimum Gasteiger partial charge on any atom is -0.396 e. The van der Waals surface area contributed by atoms with Crippen LogP contribution in [-0.4, -0.2) is 86.4 Å². The third-order valence-electron chi connectivity index (χ3n) is 8.24. The molecule has 1 aromatic carbocycles. The number of likely N-dealkylation sites (N-methyl/N-ethyl adjacent to an activating group) is 1. The second kappa shape index (κ2) is 11.0. The highest BCUT2D eigenvalue weighted by Crippen LogP contribution is 2.71. The first-order chi connectivity index (χ1) is 17.7. The molecule has 7 nitrogen and oxygen atoms in total. The van der Waals surface area contributed by atoms with Gasteiger partial charge < -0.3 is 19.8 Å². The summed E-state index contributed by atoms with van der Waals surface area (Å²) in [4.78, 5) is 47.4. The molecule has 200 valence electrons. The molecule has 4 rings (SSSR count). The second-order valence-electron chi connectivity index (χ2n) is 10.7. The Labute approximate surface area is 224 Å². The maximum absolute atomic E-state index is 14.4. The highest BCUT2D eigenvalue weighted by molar-refractivity contribution is 8.02. The van der Waals surface area contributed by atoms with E-state index < -0.39 is 27.4 Å². The number of aliphatic hydroxyl groups is 1. The predicted molar refractivity (Wildman–Crippen MR) is 147 cm³/mol. The zero-order chi connectivity index (χ0) is 26.8. The SMILES string of the molecule is C=CCN(C)C(=O)[C@H]1[C@H]2C(=O)N(CCCCO)C(C(=O)N(CC=C)Cc3ccccc3)C23CC[C@]1(C)S3. The number of nitrogens with zero attached hydrogens (tertiary/aromatic N) is 3. The predicted octanol–water partition coefficient (Wildman–Crippen LogP) is 3.10. The van der Waals surface area contributed by atoms with E-state index in [0.717, 1.165) is 18.4 Å². The van der Waals surface area contributed by atoms with Gasteiger partial charge in [-0.15, -0.1) is 24.9 Å². The van der Waals surface area contributed by atoms with Gasteiger partial charge in [0, 0.05) is 44.6 Å². The molecule has 8 heteroatoms. The largest absolute Gasteiger partial charge is 0.396 e. The van der Waals surface area contributed by atoms with Crippen molar-refractivity contribution in [3.05, 3.63) is 61.2 Å². The van der Waals surface area contributed by atoms with Crippen LogP contribution in [0.15, 0.2) is 55.6 Å². The van der Waals surface area contributed by atoms with Crippen LogP contribution >= 0.6 is 11.8 Å². The molecule has 1 spiro atoms. The first-order valence-corrected chi connectivity index (χ1v) is 14.0. The van der Waals surface area contributed by atoms with E-state index in [-0.39, 0.29) is 24.3 Å². The van der Waals surface area contributed by atoms with Crippen LogP contribution in [0.4, 0.5) is 0 Å². The van der Waals surface area contributed by atoms with E-state index in [9.17, 15) is 19.5 Å². The lowest BCUT2D eigenvalue weighted by molar-refractivity contribution is -0.145. The first kappa shape index (κ1) is 27.5. The molecule has 3 saturated heterocycles. The highest BCUT2D eigenvalue weighted by Gasteiger charge is 2.77.